The minimum absolute atomic E-state index is 1.41. The van der Waals surface area contributed by atoms with Crippen molar-refractivity contribution in [1.82, 2.24) is 0 Å². The number of thiophene rings is 1. The van der Waals surface area contributed by atoms with E-state index < -0.39 is 0 Å². The first kappa shape index (κ1) is 7.11. The molecule has 1 aliphatic carbocycles. The third-order valence-electron chi connectivity index (χ3n) is 2.23. The normalized spacial score (nSPS) is 15.9. The zero-order valence-electron chi connectivity index (χ0n) is 7.06. The van der Waals surface area contributed by atoms with E-state index in [9.17, 15) is 0 Å². The predicted molar refractivity (Wildman–Crippen MR) is 50.7 cm³/mol. The average molecular weight is 163 g/mol. The van der Waals surface area contributed by atoms with Gasteiger partial charge in [-0.3, -0.25) is 0 Å². The molecule has 0 saturated carbocycles. The summed E-state index contributed by atoms with van der Waals surface area (Å²) in [5.74, 6) is 0. The number of hydrogen-bond donors (Lipinski definition) is 0. The van der Waals surface area contributed by atoms with E-state index in [4.69, 9.17) is 0 Å². The van der Waals surface area contributed by atoms with Crippen LogP contribution in [0.5, 0.6) is 0 Å². The minimum Gasteiger partial charge on any atom is -0.144 e. The van der Waals surface area contributed by atoms with Crippen LogP contribution in [0.4, 0.5) is 0 Å². The van der Waals surface area contributed by atoms with E-state index >= 15 is 0 Å². The Balaban J connectivity index is 2.58. The average Bonchev–Trinajstić information content (AvgIpc) is 2.37. The summed E-state index contributed by atoms with van der Waals surface area (Å²) in [6.45, 7) is 6.54. The Bertz CT molecular complexity index is 329. The van der Waals surface area contributed by atoms with Gasteiger partial charge in [0.25, 0.3) is 0 Å². The van der Waals surface area contributed by atoms with Gasteiger partial charge in [0.2, 0.25) is 0 Å². The zero-order chi connectivity index (χ0) is 8.01. The van der Waals surface area contributed by atoms with Gasteiger partial charge in [-0.05, 0) is 38.0 Å². The maximum Gasteiger partial charge on any atom is 0.0266 e. The molecule has 1 heterocycles. The van der Waals surface area contributed by atoms with E-state index in [0.29, 0.717) is 0 Å². The van der Waals surface area contributed by atoms with Crippen LogP contribution in [0.2, 0.25) is 0 Å². The fraction of sp³-hybridized carbons (Fsp3) is 0.300. The van der Waals surface area contributed by atoms with Crippen LogP contribution in [-0.4, -0.2) is 0 Å². The molecule has 0 bridgehead atoms. The highest BCUT2D eigenvalue weighted by atomic mass is 32.1. The third kappa shape index (κ3) is 0.951. The van der Waals surface area contributed by atoms with Gasteiger partial charge in [0.15, 0.2) is 0 Å². The number of allylic oxidation sites excluding steroid dienone is 2. The number of rotatable bonds is 0. The Hall–Kier alpha value is -0.560. The Morgan fingerprint density at radius 2 is 1.91 bits per heavy atom. The van der Waals surface area contributed by atoms with Gasteiger partial charge >= 0.3 is 0 Å². The molecule has 57 valence electrons. The van der Waals surface area contributed by atoms with Crippen molar-refractivity contribution < 1.29 is 0 Å². The van der Waals surface area contributed by atoms with Crippen molar-refractivity contribution in [2.45, 2.75) is 20.8 Å². The van der Waals surface area contributed by atoms with Gasteiger partial charge in [-0.1, -0.05) is 5.57 Å². The molecule has 1 aromatic heterocycles. The largest absolute Gasteiger partial charge is 0.144 e. The van der Waals surface area contributed by atoms with E-state index in [2.05, 4.69) is 33.3 Å². The summed E-state index contributed by atoms with van der Waals surface area (Å²) in [6.07, 6.45) is 2.28. The quantitative estimate of drug-likeness (QED) is 0.549. The van der Waals surface area contributed by atoms with E-state index in [1.165, 1.54) is 26.5 Å². The smallest absolute Gasteiger partial charge is 0.0266 e. The third-order valence-corrected chi connectivity index (χ3v) is 3.22. The first-order valence-electron chi connectivity index (χ1n) is 3.81. The Labute approximate surface area is 71.6 Å². The van der Waals surface area contributed by atoms with E-state index in [0.717, 1.165) is 0 Å². The highest BCUT2D eigenvalue weighted by Gasteiger charge is 2.17. The lowest BCUT2D eigenvalue weighted by molar-refractivity contribution is 1.47. The molecule has 0 aliphatic heterocycles. The molecule has 0 fully saturated rings. The van der Waals surface area contributed by atoms with Crippen molar-refractivity contribution in [2.75, 3.05) is 0 Å². The summed E-state index contributed by atoms with van der Waals surface area (Å²) >= 11 is 1.89. The molecule has 0 amide bonds. The molecule has 0 atom stereocenters. The summed E-state index contributed by atoms with van der Waals surface area (Å²) in [5.41, 5.74) is 4.32. The molecule has 0 spiro atoms. The first-order chi connectivity index (χ1) is 5.18. The molecular formula is C10H11S. The molecular weight excluding hydrogens is 152 g/mol. The van der Waals surface area contributed by atoms with Crippen molar-refractivity contribution in [3.63, 3.8) is 0 Å². The number of fused-ring (bicyclic) bond motifs is 1. The molecule has 1 heteroatoms. The second-order valence-corrected chi connectivity index (χ2v) is 4.38. The van der Waals surface area contributed by atoms with Gasteiger partial charge in [-0.15, -0.1) is 11.3 Å². The van der Waals surface area contributed by atoms with Crippen LogP contribution in [0.1, 0.15) is 29.2 Å². The molecule has 0 N–H and O–H groups in total. The zero-order valence-corrected chi connectivity index (χ0v) is 7.88. The van der Waals surface area contributed by atoms with E-state index in [1.807, 2.05) is 11.3 Å². The Kier molecular flexibility index (Phi) is 1.43. The predicted octanol–water partition coefficient (Wildman–Crippen LogP) is 3.42. The molecule has 0 aromatic carbocycles. The van der Waals surface area contributed by atoms with Crippen molar-refractivity contribution >= 4 is 16.9 Å². The SMILES string of the molecule is CC1=C(C)c2cc(C)sc2[CH]1. The van der Waals surface area contributed by atoms with Crippen LogP contribution in [0, 0.1) is 13.3 Å². The lowest BCUT2D eigenvalue weighted by Crippen LogP contribution is -1.71. The van der Waals surface area contributed by atoms with Gasteiger partial charge in [0, 0.05) is 16.2 Å². The molecule has 1 aromatic rings. The van der Waals surface area contributed by atoms with Crippen molar-refractivity contribution in [1.29, 1.82) is 0 Å². The second-order valence-electron chi connectivity index (χ2n) is 3.09. The second kappa shape index (κ2) is 2.21. The maximum absolute atomic E-state index is 2.28. The summed E-state index contributed by atoms with van der Waals surface area (Å²) in [7, 11) is 0. The maximum atomic E-state index is 2.28. The molecule has 1 radical (unpaired) electrons. The van der Waals surface area contributed by atoms with E-state index in [1.54, 1.807) is 0 Å². The fourth-order valence-electron chi connectivity index (χ4n) is 1.45. The summed E-state index contributed by atoms with van der Waals surface area (Å²) < 4.78 is 0. The van der Waals surface area contributed by atoms with Gasteiger partial charge in [0.05, 0.1) is 0 Å². The monoisotopic (exact) mass is 163 g/mol. The first-order valence-corrected chi connectivity index (χ1v) is 4.63. The van der Waals surface area contributed by atoms with Crippen molar-refractivity contribution in [3.8, 4) is 0 Å². The van der Waals surface area contributed by atoms with Crippen LogP contribution in [0.15, 0.2) is 11.6 Å². The molecule has 2 rings (SSSR count). The lowest BCUT2D eigenvalue weighted by atomic mass is 10.1. The molecule has 0 unspecified atom stereocenters. The summed E-state index contributed by atoms with van der Waals surface area (Å²) in [5, 5.41) is 0. The van der Waals surface area contributed by atoms with Crippen molar-refractivity contribution in [2.24, 2.45) is 0 Å². The topological polar surface area (TPSA) is 0 Å². The van der Waals surface area contributed by atoms with Gasteiger partial charge in [-0.25, -0.2) is 0 Å². The standard InChI is InChI=1S/C10H11S/c1-6-4-10-9(8(6)3)5-7(2)11-10/h4-5H,1-3H3. The summed E-state index contributed by atoms with van der Waals surface area (Å²) in [6, 6.07) is 2.28. The molecule has 0 saturated heterocycles. The summed E-state index contributed by atoms with van der Waals surface area (Å²) in [4.78, 5) is 2.86. The van der Waals surface area contributed by atoms with Crippen LogP contribution < -0.4 is 0 Å². The van der Waals surface area contributed by atoms with Crippen LogP contribution in [0.25, 0.3) is 5.57 Å². The Morgan fingerprint density at radius 3 is 2.55 bits per heavy atom. The minimum atomic E-state index is 1.41. The molecule has 11 heavy (non-hydrogen) atoms. The van der Waals surface area contributed by atoms with Gasteiger partial charge in [-0.2, -0.15) is 0 Å². The Morgan fingerprint density at radius 1 is 1.18 bits per heavy atom. The number of hydrogen-bond acceptors (Lipinski definition) is 1. The molecule has 1 aliphatic rings. The van der Waals surface area contributed by atoms with Gasteiger partial charge < -0.3 is 0 Å². The fourth-order valence-corrected chi connectivity index (χ4v) is 2.53. The highest BCUT2D eigenvalue weighted by molar-refractivity contribution is 7.12. The van der Waals surface area contributed by atoms with Crippen LogP contribution in [-0.2, 0) is 0 Å². The van der Waals surface area contributed by atoms with Crippen molar-refractivity contribution in [3.05, 3.63) is 33.4 Å². The number of aryl methyl sites for hydroxylation is 1. The van der Waals surface area contributed by atoms with Crippen LogP contribution in [0.3, 0.4) is 0 Å². The molecule has 0 nitrogen and oxygen atoms in total. The van der Waals surface area contributed by atoms with Gasteiger partial charge in [0.1, 0.15) is 0 Å². The highest BCUT2D eigenvalue weighted by Crippen LogP contribution is 2.38. The lowest BCUT2D eigenvalue weighted by Gasteiger charge is -1.92. The van der Waals surface area contributed by atoms with E-state index in [-0.39, 0.29) is 0 Å². The van der Waals surface area contributed by atoms with Crippen LogP contribution >= 0.6 is 11.3 Å².